The lowest BCUT2D eigenvalue weighted by Gasteiger charge is -2.35. The summed E-state index contributed by atoms with van der Waals surface area (Å²) in [6, 6.07) is 9.97. The lowest BCUT2D eigenvalue weighted by Crippen LogP contribution is -2.42. The van der Waals surface area contributed by atoms with Crippen LogP contribution in [-0.2, 0) is 4.74 Å². The topological polar surface area (TPSA) is 32.7 Å². The Hall–Kier alpha value is -0.900. The third-order valence-electron chi connectivity index (χ3n) is 3.45. The maximum absolute atomic E-state index is 10.6. The van der Waals surface area contributed by atoms with Crippen LogP contribution in [0.15, 0.2) is 30.3 Å². The van der Waals surface area contributed by atoms with Gasteiger partial charge < -0.3 is 9.84 Å². The van der Waals surface area contributed by atoms with Crippen LogP contribution in [0.1, 0.15) is 32.4 Å². The summed E-state index contributed by atoms with van der Waals surface area (Å²) < 4.78 is 5.40. The lowest BCUT2D eigenvalue weighted by molar-refractivity contribution is 0.0199. The highest BCUT2D eigenvalue weighted by Gasteiger charge is 2.27. The molecule has 0 aromatic heterocycles. The number of nitrogens with zero attached hydrogens (tertiary/aromatic N) is 1. The Kier molecular flexibility index (Phi) is 7.06. The number of ether oxygens (including phenoxy) is 1. The van der Waals surface area contributed by atoms with E-state index in [0.717, 1.165) is 18.7 Å². The lowest BCUT2D eigenvalue weighted by atomic mass is 9.92. The van der Waals surface area contributed by atoms with E-state index in [1.165, 1.54) is 0 Å². The molecule has 0 aliphatic rings. The van der Waals surface area contributed by atoms with Gasteiger partial charge in [0.15, 0.2) is 0 Å². The molecule has 0 heterocycles. The molecule has 1 N–H and O–H groups in total. The van der Waals surface area contributed by atoms with E-state index in [1.54, 1.807) is 0 Å². The molecule has 0 spiro atoms. The first-order chi connectivity index (χ1) is 9.07. The Morgan fingerprint density at radius 2 is 1.84 bits per heavy atom. The van der Waals surface area contributed by atoms with Crippen molar-refractivity contribution in [3.63, 3.8) is 0 Å². The van der Waals surface area contributed by atoms with Crippen molar-refractivity contribution in [2.75, 3.05) is 26.8 Å². The molecule has 0 bridgehead atoms. The number of aliphatic hydroxyl groups excluding tert-OH is 1. The molecule has 1 aromatic carbocycles. The van der Waals surface area contributed by atoms with E-state index in [9.17, 15) is 5.11 Å². The Morgan fingerprint density at radius 3 is 2.37 bits per heavy atom. The first-order valence-electron chi connectivity index (χ1n) is 7.09. The summed E-state index contributed by atoms with van der Waals surface area (Å²) in [5.41, 5.74) is 0.976. The standard InChI is InChI=1S/C16H27NO2/c1-5-19-12-11-17(4)15(13(2)3)16(18)14-9-7-6-8-10-14/h6-10,13,15-16,18H,5,11-12H2,1-4H3. The van der Waals surface area contributed by atoms with Crippen molar-refractivity contribution >= 4 is 0 Å². The van der Waals surface area contributed by atoms with Crippen LogP contribution in [0.2, 0.25) is 0 Å². The third-order valence-corrected chi connectivity index (χ3v) is 3.45. The normalized spacial score (nSPS) is 14.9. The van der Waals surface area contributed by atoms with Crippen molar-refractivity contribution in [3.8, 4) is 0 Å². The van der Waals surface area contributed by atoms with Gasteiger partial charge in [0, 0.05) is 19.2 Å². The summed E-state index contributed by atoms with van der Waals surface area (Å²) in [7, 11) is 2.05. The van der Waals surface area contributed by atoms with Gasteiger partial charge in [0.1, 0.15) is 0 Å². The second-order valence-corrected chi connectivity index (χ2v) is 5.27. The fourth-order valence-electron chi connectivity index (χ4n) is 2.46. The van der Waals surface area contributed by atoms with Crippen LogP contribution in [-0.4, -0.2) is 42.9 Å². The molecule has 108 valence electrons. The summed E-state index contributed by atoms with van der Waals surface area (Å²) in [5.74, 6) is 0.377. The van der Waals surface area contributed by atoms with Crippen LogP contribution in [0, 0.1) is 5.92 Å². The molecule has 0 fully saturated rings. The van der Waals surface area contributed by atoms with E-state index in [1.807, 2.05) is 37.3 Å². The minimum absolute atomic E-state index is 0.0999. The van der Waals surface area contributed by atoms with Crippen molar-refractivity contribution in [2.24, 2.45) is 5.92 Å². The van der Waals surface area contributed by atoms with Gasteiger partial charge in [-0.1, -0.05) is 44.2 Å². The summed E-state index contributed by atoms with van der Waals surface area (Å²) in [4.78, 5) is 2.19. The Balaban J connectivity index is 2.71. The van der Waals surface area contributed by atoms with Crippen LogP contribution in [0.3, 0.4) is 0 Å². The first-order valence-corrected chi connectivity index (χ1v) is 7.09. The molecule has 3 heteroatoms. The summed E-state index contributed by atoms with van der Waals surface area (Å²) >= 11 is 0. The molecule has 2 atom stereocenters. The predicted octanol–water partition coefficient (Wildman–Crippen LogP) is 2.71. The molecule has 0 radical (unpaired) electrons. The molecule has 0 aliphatic carbocycles. The van der Waals surface area contributed by atoms with Crippen LogP contribution < -0.4 is 0 Å². The van der Waals surface area contributed by atoms with Crippen molar-refractivity contribution in [3.05, 3.63) is 35.9 Å². The van der Waals surface area contributed by atoms with Crippen LogP contribution >= 0.6 is 0 Å². The zero-order valence-electron chi connectivity index (χ0n) is 12.5. The van der Waals surface area contributed by atoms with E-state index in [4.69, 9.17) is 4.74 Å². The Morgan fingerprint density at radius 1 is 1.21 bits per heavy atom. The van der Waals surface area contributed by atoms with Crippen molar-refractivity contribution in [1.29, 1.82) is 0 Å². The average molecular weight is 265 g/mol. The minimum Gasteiger partial charge on any atom is -0.387 e. The van der Waals surface area contributed by atoms with E-state index in [0.29, 0.717) is 12.5 Å². The molecule has 1 rings (SSSR count). The van der Waals surface area contributed by atoms with Crippen LogP contribution in [0.5, 0.6) is 0 Å². The number of aliphatic hydroxyl groups is 1. The van der Waals surface area contributed by atoms with Crippen LogP contribution in [0.4, 0.5) is 0 Å². The van der Waals surface area contributed by atoms with Gasteiger partial charge in [-0.25, -0.2) is 0 Å². The zero-order valence-corrected chi connectivity index (χ0v) is 12.5. The highest BCUT2D eigenvalue weighted by Crippen LogP contribution is 2.25. The van der Waals surface area contributed by atoms with Crippen molar-refractivity contribution in [2.45, 2.75) is 32.9 Å². The second kappa shape index (κ2) is 8.31. The van der Waals surface area contributed by atoms with E-state index >= 15 is 0 Å². The number of benzene rings is 1. The smallest absolute Gasteiger partial charge is 0.0947 e. The van der Waals surface area contributed by atoms with Gasteiger partial charge in [0.25, 0.3) is 0 Å². The second-order valence-electron chi connectivity index (χ2n) is 5.27. The van der Waals surface area contributed by atoms with Gasteiger partial charge >= 0.3 is 0 Å². The number of hydrogen-bond donors (Lipinski definition) is 1. The van der Waals surface area contributed by atoms with Gasteiger partial charge in [-0.15, -0.1) is 0 Å². The van der Waals surface area contributed by atoms with Gasteiger partial charge in [0.05, 0.1) is 12.7 Å². The number of likely N-dealkylation sites (N-methyl/N-ethyl adjacent to an activating group) is 1. The monoisotopic (exact) mass is 265 g/mol. The molecule has 19 heavy (non-hydrogen) atoms. The summed E-state index contributed by atoms with van der Waals surface area (Å²) in [6.07, 6.45) is -0.465. The largest absolute Gasteiger partial charge is 0.387 e. The first kappa shape index (κ1) is 16.2. The van der Waals surface area contributed by atoms with Crippen molar-refractivity contribution < 1.29 is 9.84 Å². The molecule has 2 unspecified atom stereocenters. The maximum Gasteiger partial charge on any atom is 0.0947 e. The van der Waals surface area contributed by atoms with Gasteiger partial charge in [-0.2, -0.15) is 0 Å². The highest BCUT2D eigenvalue weighted by atomic mass is 16.5. The highest BCUT2D eigenvalue weighted by molar-refractivity contribution is 5.19. The molecule has 3 nitrogen and oxygen atoms in total. The SMILES string of the molecule is CCOCCN(C)C(C(C)C)C(O)c1ccccc1. The third kappa shape index (κ3) is 4.94. The fourth-order valence-corrected chi connectivity index (χ4v) is 2.46. The Labute approximate surface area is 117 Å². The molecule has 0 saturated heterocycles. The molecular formula is C16H27NO2. The molecule has 1 aromatic rings. The molecule has 0 aliphatic heterocycles. The minimum atomic E-state index is -0.465. The summed E-state index contributed by atoms with van der Waals surface area (Å²) in [6.45, 7) is 8.57. The molecule has 0 saturated carbocycles. The van der Waals surface area contributed by atoms with E-state index in [-0.39, 0.29) is 6.04 Å². The predicted molar refractivity (Wildman–Crippen MR) is 79.2 cm³/mol. The molecule has 0 amide bonds. The molecular weight excluding hydrogens is 238 g/mol. The van der Waals surface area contributed by atoms with Gasteiger partial charge in [-0.05, 0) is 25.5 Å². The van der Waals surface area contributed by atoms with Crippen molar-refractivity contribution in [1.82, 2.24) is 4.90 Å². The van der Waals surface area contributed by atoms with Crippen LogP contribution in [0.25, 0.3) is 0 Å². The average Bonchev–Trinajstić information content (AvgIpc) is 2.39. The fraction of sp³-hybridized carbons (Fsp3) is 0.625. The Bertz CT molecular complexity index is 340. The zero-order chi connectivity index (χ0) is 14.3. The van der Waals surface area contributed by atoms with E-state index in [2.05, 4.69) is 25.8 Å². The quantitative estimate of drug-likeness (QED) is 0.734. The number of hydrogen-bond acceptors (Lipinski definition) is 3. The maximum atomic E-state index is 10.6. The number of rotatable bonds is 8. The summed E-state index contributed by atoms with van der Waals surface area (Å²) in [5, 5.41) is 10.6. The van der Waals surface area contributed by atoms with E-state index < -0.39 is 6.10 Å². The van der Waals surface area contributed by atoms with Gasteiger partial charge in [-0.3, -0.25) is 4.90 Å². The van der Waals surface area contributed by atoms with Gasteiger partial charge in [0.2, 0.25) is 0 Å².